The van der Waals surface area contributed by atoms with E-state index in [-0.39, 0.29) is 0 Å². The minimum absolute atomic E-state index is 0.972. The van der Waals surface area contributed by atoms with Crippen LogP contribution in [0.1, 0.15) is 22.5 Å². The second-order valence-electron chi connectivity index (χ2n) is 3.86. The molecule has 0 saturated heterocycles. The highest BCUT2D eigenvalue weighted by Gasteiger charge is 2.00. The number of benzene rings is 1. The van der Waals surface area contributed by atoms with Gasteiger partial charge in [-0.05, 0) is 37.5 Å². The maximum atomic E-state index is 4.47. The normalized spacial score (nSPS) is 10.3. The lowest BCUT2D eigenvalue weighted by atomic mass is 10.0. The summed E-state index contributed by atoms with van der Waals surface area (Å²) in [6.45, 7) is 4.10. The summed E-state index contributed by atoms with van der Waals surface area (Å²) in [5.41, 5.74) is 4.88. The molecule has 0 fully saturated rings. The Morgan fingerprint density at radius 3 is 2.33 bits per heavy atom. The number of aryl methyl sites for hydroxylation is 2. The van der Waals surface area contributed by atoms with Crippen molar-refractivity contribution in [2.24, 2.45) is 0 Å². The zero-order valence-corrected chi connectivity index (χ0v) is 9.20. The van der Waals surface area contributed by atoms with Gasteiger partial charge in [-0.2, -0.15) is 0 Å². The topological polar surface area (TPSA) is 12.9 Å². The van der Waals surface area contributed by atoms with E-state index in [9.17, 15) is 0 Å². The first-order valence-electron chi connectivity index (χ1n) is 5.23. The highest BCUT2D eigenvalue weighted by Crippen LogP contribution is 2.12. The van der Waals surface area contributed by atoms with E-state index in [0.29, 0.717) is 0 Å². The van der Waals surface area contributed by atoms with Crippen molar-refractivity contribution < 1.29 is 0 Å². The molecule has 0 N–H and O–H groups in total. The van der Waals surface area contributed by atoms with Crippen LogP contribution in [0.4, 0.5) is 0 Å². The molecule has 76 valence electrons. The summed E-state index contributed by atoms with van der Waals surface area (Å²) in [5, 5.41) is 0. The molecule has 0 aliphatic rings. The van der Waals surface area contributed by atoms with Crippen molar-refractivity contribution >= 4 is 0 Å². The quantitative estimate of drug-likeness (QED) is 0.720. The van der Waals surface area contributed by atoms with Crippen LogP contribution in [0.15, 0.2) is 42.5 Å². The van der Waals surface area contributed by atoms with Crippen LogP contribution in [0.3, 0.4) is 0 Å². The van der Waals surface area contributed by atoms with Gasteiger partial charge in [0.25, 0.3) is 0 Å². The molecule has 1 nitrogen and oxygen atoms in total. The van der Waals surface area contributed by atoms with Crippen molar-refractivity contribution in [1.29, 1.82) is 0 Å². The molecule has 1 heteroatoms. The Hall–Kier alpha value is -1.63. The molecule has 15 heavy (non-hydrogen) atoms. The first-order chi connectivity index (χ1) is 7.25. The lowest BCUT2D eigenvalue weighted by Gasteiger charge is -2.05. The SMILES string of the molecule is Cc1ccc(Cc2ccccc2)c(C)n1. The third-order valence-corrected chi connectivity index (χ3v) is 2.57. The molecule has 1 heterocycles. The second kappa shape index (κ2) is 4.26. The molecule has 0 aliphatic carbocycles. The van der Waals surface area contributed by atoms with E-state index >= 15 is 0 Å². The fourth-order valence-electron chi connectivity index (χ4n) is 1.72. The minimum Gasteiger partial charge on any atom is -0.258 e. The molecule has 0 radical (unpaired) electrons. The van der Waals surface area contributed by atoms with E-state index in [1.807, 2.05) is 13.0 Å². The first kappa shape index (κ1) is 9.91. The molecule has 0 amide bonds. The summed E-state index contributed by atoms with van der Waals surface area (Å²) in [4.78, 5) is 4.47. The number of hydrogen-bond acceptors (Lipinski definition) is 1. The molecule has 1 aromatic carbocycles. The molecule has 1 aromatic heterocycles. The van der Waals surface area contributed by atoms with E-state index in [2.05, 4.69) is 48.3 Å². The predicted octanol–water partition coefficient (Wildman–Crippen LogP) is 3.29. The van der Waals surface area contributed by atoms with Gasteiger partial charge in [-0.3, -0.25) is 4.98 Å². The highest BCUT2D eigenvalue weighted by molar-refractivity contribution is 5.29. The summed E-state index contributed by atoms with van der Waals surface area (Å²) in [6.07, 6.45) is 0.972. The van der Waals surface area contributed by atoms with E-state index in [4.69, 9.17) is 0 Å². The van der Waals surface area contributed by atoms with Gasteiger partial charge in [-0.1, -0.05) is 36.4 Å². The van der Waals surface area contributed by atoms with Crippen molar-refractivity contribution in [3.8, 4) is 0 Å². The number of hydrogen-bond donors (Lipinski definition) is 0. The van der Waals surface area contributed by atoms with E-state index in [0.717, 1.165) is 17.8 Å². The molecule has 0 saturated carbocycles. The second-order valence-corrected chi connectivity index (χ2v) is 3.86. The number of aromatic nitrogens is 1. The Labute approximate surface area is 90.8 Å². The Morgan fingerprint density at radius 2 is 1.67 bits per heavy atom. The predicted molar refractivity (Wildman–Crippen MR) is 63.0 cm³/mol. The van der Waals surface area contributed by atoms with Gasteiger partial charge in [0.15, 0.2) is 0 Å². The Bertz CT molecular complexity index is 446. The summed E-state index contributed by atoms with van der Waals surface area (Å²) >= 11 is 0. The van der Waals surface area contributed by atoms with E-state index in [1.54, 1.807) is 0 Å². The lowest BCUT2D eigenvalue weighted by molar-refractivity contribution is 1.04. The van der Waals surface area contributed by atoms with Crippen LogP contribution in [-0.4, -0.2) is 4.98 Å². The van der Waals surface area contributed by atoms with E-state index < -0.39 is 0 Å². The molecule has 0 aliphatic heterocycles. The third kappa shape index (κ3) is 2.44. The van der Waals surface area contributed by atoms with Crippen LogP contribution in [0.5, 0.6) is 0 Å². The van der Waals surface area contributed by atoms with Gasteiger partial charge in [0, 0.05) is 11.4 Å². The molecule has 0 bridgehead atoms. The maximum Gasteiger partial charge on any atom is 0.0411 e. The van der Waals surface area contributed by atoms with Crippen LogP contribution in [-0.2, 0) is 6.42 Å². The summed E-state index contributed by atoms with van der Waals surface area (Å²) in [7, 11) is 0. The van der Waals surface area contributed by atoms with Gasteiger partial charge in [0.2, 0.25) is 0 Å². The standard InChI is InChI=1S/C14H15N/c1-11-8-9-14(12(2)15-11)10-13-6-4-3-5-7-13/h3-9H,10H2,1-2H3. The van der Waals surface area contributed by atoms with Crippen molar-refractivity contribution in [3.05, 3.63) is 65.0 Å². The Kier molecular flexibility index (Phi) is 2.82. The fourth-order valence-corrected chi connectivity index (χ4v) is 1.72. The molecular formula is C14H15N. The van der Waals surface area contributed by atoms with Crippen molar-refractivity contribution in [2.45, 2.75) is 20.3 Å². The van der Waals surface area contributed by atoms with Crippen molar-refractivity contribution in [1.82, 2.24) is 4.98 Å². The number of pyridine rings is 1. The van der Waals surface area contributed by atoms with Crippen LogP contribution < -0.4 is 0 Å². The third-order valence-electron chi connectivity index (χ3n) is 2.57. The number of rotatable bonds is 2. The summed E-state index contributed by atoms with van der Waals surface area (Å²) < 4.78 is 0. The largest absolute Gasteiger partial charge is 0.258 e. The fraction of sp³-hybridized carbons (Fsp3) is 0.214. The zero-order valence-electron chi connectivity index (χ0n) is 9.20. The molecule has 0 spiro atoms. The van der Waals surface area contributed by atoms with Gasteiger partial charge in [0.05, 0.1) is 0 Å². The lowest BCUT2D eigenvalue weighted by Crippen LogP contribution is -1.95. The van der Waals surface area contributed by atoms with Gasteiger partial charge < -0.3 is 0 Å². The molecule has 0 unspecified atom stereocenters. The van der Waals surface area contributed by atoms with E-state index in [1.165, 1.54) is 11.1 Å². The summed E-state index contributed by atoms with van der Waals surface area (Å²) in [6, 6.07) is 14.7. The van der Waals surface area contributed by atoms with Crippen LogP contribution in [0, 0.1) is 13.8 Å². The van der Waals surface area contributed by atoms with Gasteiger partial charge in [-0.15, -0.1) is 0 Å². The molecule has 2 aromatic rings. The number of nitrogens with zero attached hydrogens (tertiary/aromatic N) is 1. The van der Waals surface area contributed by atoms with Crippen LogP contribution in [0.2, 0.25) is 0 Å². The van der Waals surface area contributed by atoms with Crippen LogP contribution in [0.25, 0.3) is 0 Å². The Morgan fingerprint density at radius 1 is 0.933 bits per heavy atom. The highest BCUT2D eigenvalue weighted by atomic mass is 14.7. The molecule has 2 rings (SSSR count). The zero-order chi connectivity index (χ0) is 10.7. The van der Waals surface area contributed by atoms with Crippen LogP contribution >= 0.6 is 0 Å². The minimum atomic E-state index is 0.972. The first-order valence-corrected chi connectivity index (χ1v) is 5.23. The van der Waals surface area contributed by atoms with Gasteiger partial charge >= 0.3 is 0 Å². The van der Waals surface area contributed by atoms with Crippen molar-refractivity contribution in [3.63, 3.8) is 0 Å². The molecule has 0 atom stereocenters. The average Bonchev–Trinajstić information content (AvgIpc) is 2.24. The Balaban J connectivity index is 2.25. The summed E-state index contributed by atoms with van der Waals surface area (Å²) in [5.74, 6) is 0. The van der Waals surface area contributed by atoms with Crippen molar-refractivity contribution in [2.75, 3.05) is 0 Å². The monoisotopic (exact) mass is 197 g/mol. The molecular weight excluding hydrogens is 182 g/mol. The smallest absolute Gasteiger partial charge is 0.0411 e. The maximum absolute atomic E-state index is 4.47. The van der Waals surface area contributed by atoms with Gasteiger partial charge in [0.1, 0.15) is 0 Å². The van der Waals surface area contributed by atoms with Gasteiger partial charge in [-0.25, -0.2) is 0 Å². The average molecular weight is 197 g/mol.